The van der Waals surface area contributed by atoms with Crippen molar-refractivity contribution in [1.29, 1.82) is 0 Å². The predicted molar refractivity (Wildman–Crippen MR) is 242 cm³/mol. The van der Waals surface area contributed by atoms with E-state index >= 15 is 0 Å². The number of para-hydroxylation sites is 3. The summed E-state index contributed by atoms with van der Waals surface area (Å²) in [6.07, 6.45) is 16.0. The number of nitrogens with zero attached hydrogens (tertiary/aromatic N) is 2. The lowest BCUT2D eigenvalue weighted by Crippen LogP contribution is -2.39. The number of rotatable bonds is 5. The Morgan fingerprint density at radius 3 is 2.00 bits per heavy atom. The minimum atomic E-state index is -0.415. The number of hydrogen-bond donors (Lipinski definition) is 0. The zero-order chi connectivity index (χ0) is 38.4. The fourth-order valence-electron chi connectivity index (χ4n) is 10.8. The normalized spacial score (nSPS) is 20.1. The van der Waals surface area contributed by atoms with Gasteiger partial charge in [-0.15, -0.1) is 0 Å². The fraction of sp³-hybridized carbons (Fsp3) is 0.107. The molecule has 0 saturated carbocycles. The Hall–Kier alpha value is -6.90. The first kappa shape index (κ1) is 33.3. The van der Waals surface area contributed by atoms with Crippen LogP contribution >= 0.6 is 0 Å². The minimum Gasteiger partial charge on any atom is -0.332 e. The Labute approximate surface area is 341 Å². The molecule has 7 aromatic carbocycles. The van der Waals surface area contributed by atoms with Crippen molar-refractivity contribution in [1.82, 2.24) is 0 Å². The smallest absolute Gasteiger partial charge is 0.0754 e. The Morgan fingerprint density at radius 1 is 0.534 bits per heavy atom. The van der Waals surface area contributed by atoms with Crippen molar-refractivity contribution < 1.29 is 0 Å². The van der Waals surface area contributed by atoms with Crippen LogP contribution in [-0.4, -0.2) is 6.04 Å². The summed E-state index contributed by atoms with van der Waals surface area (Å²) >= 11 is 0. The third-order valence-electron chi connectivity index (χ3n) is 13.2. The maximum atomic E-state index is 2.65. The molecule has 3 unspecified atom stereocenters. The number of anilines is 5. The fourth-order valence-corrected chi connectivity index (χ4v) is 10.8. The van der Waals surface area contributed by atoms with Gasteiger partial charge in [0, 0.05) is 28.3 Å². The second-order valence-electron chi connectivity index (χ2n) is 16.4. The van der Waals surface area contributed by atoms with Crippen molar-refractivity contribution in [3.05, 3.63) is 234 Å². The lowest BCUT2D eigenvalue weighted by atomic mass is 9.64. The van der Waals surface area contributed by atoms with E-state index in [1.54, 1.807) is 0 Å². The summed E-state index contributed by atoms with van der Waals surface area (Å²) in [5.41, 5.74) is 21.6. The predicted octanol–water partition coefficient (Wildman–Crippen LogP) is 14.3. The highest BCUT2D eigenvalue weighted by molar-refractivity contribution is 6.02. The molecule has 3 atom stereocenters. The van der Waals surface area contributed by atoms with Gasteiger partial charge < -0.3 is 9.80 Å². The molecule has 58 heavy (non-hydrogen) atoms. The number of fused-ring (bicyclic) bond motifs is 12. The van der Waals surface area contributed by atoms with Gasteiger partial charge in [0.05, 0.1) is 17.1 Å². The van der Waals surface area contributed by atoms with Crippen LogP contribution in [0.2, 0.25) is 0 Å². The SMILES string of the molecule is CC1C=C(c2ccc(N(c3ccccc3)c3ccc(-c4ccc5c(c4)-c4ccccc4C54c5ccccc5N5c6c(cccc64)C4=CC=CCC45)cc3)cc2)C=CC1. The molecule has 2 heteroatoms. The maximum absolute atomic E-state index is 2.65. The second-order valence-corrected chi connectivity index (χ2v) is 16.4. The summed E-state index contributed by atoms with van der Waals surface area (Å²) in [5, 5.41) is 0. The van der Waals surface area contributed by atoms with Crippen LogP contribution < -0.4 is 9.80 Å². The molecule has 0 fully saturated rings. The zero-order valence-electron chi connectivity index (χ0n) is 32.5. The first-order chi connectivity index (χ1) is 28.7. The molecule has 0 radical (unpaired) electrons. The van der Waals surface area contributed by atoms with Crippen LogP contribution in [0.3, 0.4) is 0 Å². The molecule has 5 aliphatic rings. The van der Waals surface area contributed by atoms with Gasteiger partial charge in [-0.2, -0.15) is 0 Å². The van der Waals surface area contributed by atoms with Crippen molar-refractivity contribution in [2.24, 2.45) is 5.92 Å². The van der Waals surface area contributed by atoms with Crippen molar-refractivity contribution >= 4 is 39.6 Å². The minimum absolute atomic E-state index is 0.318. The third-order valence-corrected chi connectivity index (χ3v) is 13.2. The van der Waals surface area contributed by atoms with Gasteiger partial charge in [-0.25, -0.2) is 0 Å². The molecule has 0 bridgehead atoms. The highest BCUT2D eigenvalue weighted by Gasteiger charge is 2.54. The monoisotopic (exact) mass is 742 g/mol. The molecule has 0 amide bonds. The van der Waals surface area contributed by atoms with Crippen LogP contribution in [0.25, 0.3) is 33.4 Å². The summed E-state index contributed by atoms with van der Waals surface area (Å²) in [6, 6.07) is 61.8. The molecule has 3 aliphatic carbocycles. The molecule has 1 spiro atoms. The van der Waals surface area contributed by atoms with Crippen LogP contribution in [0.1, 0.15) is 53.1 Å². The molecular weight excluding hydrogens is 701 g/mol. The largest absolute Gasteiger partial charge is 0.332 e. The lowest BCUT2D eigenvalue weighted by Gasteiger charge is -2.45. The Kier molecular flexibility index (Phi) is 7.35. The Balaban J connectivity index is 0.965. The number of allylic oxidation sites excluding steroid dienone is 6. The van der Waals surface area contributed by atoms with Gasteiger partial charge in [0.1, 0.15) is 0 Å². The summed E-state index contributed by atoms with van der Waals surface area (Å²) < 4.78 is 0. The summed E-state index contributed by atoms with van der Waals surface area (Å²) in [6.45, 7) is 2.29. The van der Waals surface area contributed by atoms with Gasteiger partial charge >= 0.3 is 0 Å². The first-order valence-corrected chi connectivity index (χ1v) is 20.8. The molecule has 2 aliphatic heterocycles. The average Bonchev–Trinajstić information content (AvgIpc) is 3.78. The topological polar surface area (TPSA) is 6.48 Å². The van der Waals surface area contributed by atoms with Crippen LogP contribution in [0, 0.1) is 5.92 Å². The molecule has 12 rings (SSSR count). The lowest BCUT2D eigenvalue weighted by molar-refractivity contribution is 0.721. The standard InChI is InChI=1S/C56H42N2/c1-37-13-11-14-40(35-37)38-25-30-43(31-26-38)57(42-15-3-2-4-16-42)44-32-27-39(28-33-44)41-29-34-50-48(36-41)45-17-5-7-20-49(45)56(50)51-21-8-10-24-54(51)58-53-23-9-6-18-46(53)47-19-12-22-52(56)55(47)58/h2-12,14-22,24-37,53H,13,23H2,1H3. The van der Waals surface area contributed by atoms with Gasteiger partial charge in [0.25, 0.3) is 0 Å². The number of benzene rings is 7. The highest BCUT2D eigenvalue weighted by Crippen LogP contribution is 2.66. The molecule has 2 nitrogen and oxygen atoms in total. The van der Waals surface area contributed by atoms with Gasteiger partial charge in [-0.1, -0.05) is 159 Å². The molecular formula is C56H42N2. The average molecular weight is 743 g/mol. The van der Waals surface area contributed by atoms with Crippen molar-refractivity contribution in [2.75, 3.05) is 9.80 Å². The Bertz CT molecular complexity index is 2910. The quantitative estimate of drug-likeness (QED) is 0.173. The van der Waals surface area contributed by atoms with E-state index in [-0.39, 0.29) is 0 Å². The van der Waals surface area contributed by atoms with Gasteiger partial charge in [0.15, 0.2) is 0 Å². The van der Waals surface area contributed by atoms with E-state index in [0.717, 1.165) is 29.9 Å². The second kappa shape index (κ2) is 12.8. The van der Waals surface area contributed by atoms with Crippen molar-refractivity contribution in [3.63, 3.8) is 0 Å². The molecule has 7 aromatic rings. The molecule has 276 valence electrons. The highest BCUT2D eigenvalue weighted by atomic mass is 15.2. The van der Waals surface area contributed by atoms with Gasteiger partial charge in [0.2, 0.25) is 0 Å². The maximum Gasteiger partial charge on any atom is 0.0754 e. The molecule has 2 heterocycles. The van der Waals surface area contributed by atoms with E-state index in [0.29, 0.717) is 12.0 Å². The van der Waals surface area contributed by atoms with Gasteiger partial charge in [-0.05, 0) is 129 Å². The molecule has 0 saturated heterocycles. The van der Waals surface area contributed by atoms with Gasteiger partial charge in [-0.3, -0.25) is 0 Å². The Morgan fingerprint density at radius 2 is 1.19 bits per heavy atom. The van der Waals surface area contributed by atoms with E-state index in [9.17, 15) is 0 Å². The van der Waals surface area contributed by atoms with Crippen LogP contribution in [0.15, 0.2) is 200 Å². The first-order valence-electron chi connectivity index (χ1n) is 20.8. The van der Waals surface area contributed by atoms with E-state index < -0.39 is 5.41 Å². The molecule has 0 aromatic heterocycles. The third kappa shape index (κ3) is 4.72. The zero-order valence-corrected chi connectivity index (χ0v) is 32.5. The van der Waals surface area contributed by atoms with Crippen LogP contribution in [0.4, 0.5) is 28.4 Å². The number of hydrogen-bond acceptors (Lipinski definition) is 2. The van der Waals surface area contributed by atoms with E-state index in [4.69, 9.17) is 0 Å². The summed E-state index contributed by atoms with van der Waals surface area (Å²) in [5.74, 6) is 0.565. The van der Waals surface area contributed by atoms with E-state index in [2.05, 4.69) is 217 Å². The van der Waals surface area contributed by atoms with E-state index in [1.807, 2.05) is 0 Å². The van der Waals surface area contributed by atoms with E-state index in [1.165, 1.54) is 78.2 Å². The van der Waals surface area contributed by atoms with Crippen LogP contribution in [-0.2, 0) is 5.41 Å². The van der Waals surface area contributed by atoms with Crippen LogP contribution in [0.5, 0.6) is 0 Å². The summed E-state index contributed by atoms with van der Waals surface area (Å²) in [7, 11) is 0. The van der Waals surface area contributed by atoms with Crippen molar-refractivity contribution in [3.8, 4) is 22.3 Å². The van der Waals surface area contributed by atoms with Crippen molar-refractivity contribution in [2.45, 2.75) is 31.2 Å². The summed E-state index contributed by atoms with van der Waals surface area (Å²) in [4.78, 5) is 5.00. The molecule has 0 N–H and O–H groups in total.